The average molecular weight is 320 g/mol. The van der Waals surface area contributed by atoms with Crippen LogP contribution in [0, 0.1) is 31.6 Å². The van der Waals surface area contributed by atoms with Crippen molar-refractivity contribution in [2.24, 2.45) is 0 Å². The molecule has 4 heteroatoms. The van der Waals surface area contributed by atoms with E-state index in [2.05, 4.69) is 16.6 Å². The molecule has 0 aliphatic heterocycles. The molecular weight excluding hydrogens is 304 g/mol. The molecule has 0 heterocycles. The smallest absolute Gasteiger partial charge is 0.337 e. The minimum Gasteiger partial charge on any atom is -0.478 e. The van der Waals surface area contributed by atoms with Crippen LogP contribution in [0.4, 0.5) is 0 Å². The SMILES string of the molecule is C#Cc1ccc(C(=O)O)c(C)c1.C#Cc1ccc(C(=O)OC)cc1. The van der Waals surface area contributed by atoms with Crippen LogP contribution < -0.4 is 0 Å². The van der Waals surface area contributed by atoms with E-state index in [1.54, 1.807) is 43.3 Å². The zero-order valence-electron chi connectivity index (χ0n) is 13.4. The Kier molecular flexibility index (Phi) is 6.82. The summed E-state index contributed by atoms with van der Waals surface area (Å²) < 4.78 is 4.52. The lowest BCUT2D eigenvalue weighted by molar-refractivity contribution is 0.0599. The Morgan fingerprint density at radius 2 is 1.54 bits per heavy atom. The van der Waals surface area contributed by atoms with Gasteiger partial charge in [-0.05, 0) is 55.0 Å². The van der Waals surface area contributed by atoms with Crippen molar-refractivity contribution in [1.82, 2.24) is 0 Å². The van der Waals surface area contributed by atoms with Crippen molar-refractivity contribution in [1.29, 1.82) is 0 Å². The Balaban J connectivity index is 0.000000240. The summed E-state index contributed by atoms with van der Waals surface area (Å²) in [6, 6.07) is 11.5. The number of methoxy groups -OCH3 is 1. The Bertz CT molecular complexity index is 818. The van der Waals surface area contributed by atoms with E-state index in [1.165, 1.54) is 13.2 Å². The van der Waals surface area contributed by atoms with Gasteiger partial charge in [-0.15, -0.1) is 12.8 Å². The first-order valence-electron chi connectivity index (χ1n) is 6.88. The molecule has 0 saturated carbocycles. The first-order chi connectivity index (χ1) is 11.4. The molecule has 0 radical (unpaired) electrons. The largest absolute Gasteiger partial charge is 0.478 e. The quantitative estimate of drug-likeness (QED) is 0.682. The monoisotopic (exact) mass is 320 g/mol. The van der Waals surface area contributed by atoms with Gasteiger partial charge in [0.05, 0.1) is 18.2 Å². The third kappa shape index (κ3) is 5.05. The Hall–Kier alpha value is -3.50. The molecule has 0 spiro atoms. The van der Waals surface area contributed by atoms with Gasteiger partial charge in [0.2, 0.25) is 0 Å². The van der Waals surface area contributed by atoms with Crippen molar-refractivity contribution in [3.05, 3.63) is 70.3 Å². The standard InChI is InChI=1S/2C10H8O2/c1-3-8-4-6-9(7-5-8)10(11)12-2;1-3-8-4-5-9(10(11)12)7(2)6-8/h1,4-7H,2H3;1,4-6H,2H3,(H,11,12). The third-order valence-electron chi connectivity index (χ3n) is 3.10. The number of aryl methyl sites for hydroxylation is 1. The Morgan fingerprint density at radius 3 is 1.96 bits per heavy atom. The highest BCUT2D eigenvalue weighted by atomic mass is 16.5. The number of rotatable bonds is 2. The summed E-state index contributed by atoms with van der Waals surface area (Å²) in [6.45, 7) is 1.73. The molecule has 2 aromatic rings. The molecule has 0 fully saturated rings. The molecule has 0 saturated heterocycles. The average Bonchev–Trinajstić information content (AvgIpc) is 2.61. The van der Waals surface area contributed by atoms with E-state index in [0.717, 1.165) is 5.56 Å². The topological polar surface area (TPSA) is 63.6 Å². The van der Waals surface area contributed by atoms with Gasteiger partial charge in [-0.1, -0.05) is 11.8 Å². The second-order valence-electron chi connectivity index (χ2n) is 4.69. The molecule has 0 amide bonds. The molecule has 0 aliphatic carbocycles. The lowest BCUT2D eigenvalue weighted by Crippen LogP contribution is -2.00. The molecule has 0 aliphatic rings. The molecule has 2 rings (SSSR count). The van der Waals surface area contributed by atoms with E-state index in [1.807, 2.05) is 0 Å². The molecule has 120 valence electrons. The second-order valence-corrected chi connectivity index (χ2v) is 4.69. The van der Waals surface area contributed by atoms with Crippen LogP contribution in [-0.2, 0) is 4.74 Å². The fourth-order valence-electron chi connectivity index (χ4n) is 1.81. The number of esters is 1. The van der Waals surface area contributed by atoms with Crippen molar-refractivity contribution < 1.29 is 19.4 Å². The molecular formula is C20H16O4. The van der Waals surface area contributed by atoms with Crippen LogP contribution >= 0.6 is 0 Å². The lowest BCUT2D eigenvalue weighted by atomic mass is 10.1. The van der Waals surface area contributed by atoms with Crippen molar-refractivity contribution in [3.63, 3.8) is 0 Å². The minimum absolute atomic E-state index is 0.300. The summed E-state index contributed by atoms with van der Waals surface area (Å²) in [5.41, 5.74) is 2.96. The fourth-order valence-corrected chi connectivity index (χ4v) is 1.81. The zero-order valence-corrected chi connectivity index (χ0v) is 13.4. The lowest BCUT2D eigenvalue weighted by Gasteiger charge is -1.99. The maximum atomic E-state index is 10.9. The van der Waals surface area contributed by atoms with E-state index in [4.69, 9.17) is 18.0 Å². The van der Waals surface area contributed by atoms with Crippen LogP contribution in [0.2, 0.25) is 0 Å². The van der Waals surface area contributed by atoms with E-state index in [0.29, 0.717) is 22.3 Å². The zero-order chi connectivity index (χ0) is 18.1. The van der Waals surface area contributed by atoms with Crippen LogP contribution in [0.25, 0.3) is 0 Å². The maximum Gasteiger partial charge on any atom is 0.337 e. The van der Waals surface area contributed by atoms with Gasteiger partial charge in [0.25, 0.3) is 0 Å². The second kappa shape index (κ2) is 8.82. The summed E-state index contributed by atoms with van der Waals surface area (Å²) in [5.74, 6) is 3.63. The molecule has 0 bridgehead atoms. The van der Waals surface area contributed by atoms with Crippen molar-refractivity contribution in [2.75, 3.05) is 7.11 Å². The molecule has 0 aromatic heterocycles. The van der Waals surface area contributed by atoms with Gasteiger partial charge >= 0.3 is 11.9 Å². The summed E-state index contributed by atoms with van der Waals surface area (Å²) in [4.78, 5) is 21.5. The number of hydrogen-bond donors (Lipinski definition) is 1. The van der Waals surface area contributed by atoms with Crippen LogP contribution in [-0.4, -0.2) is 24.2 Å². The van der Waals surface area contributed by atoms with Gasteiger partial charge in [-0.25, -0.2) is 9.59 Å². The van der Waals surface area contributed by atoms with Crippen LogP contribution in [0.3, 0.4) is 0 Å². The Labute approximate surface area is 141 Å². The fraction of sp³-hybridized carbons (Fsp3) is 0.100. The highest BCUT2D eigenvalue weighted by Gasteiger charge is 2.05. The van der Waals surface area contributed by atoms with E-state index in [-0.39, 0.29) is 5.97 Å². The van der Waals surface area contributed by atoms with Crippen molar-refractivity contribution in [2.45, 2.75) is 6.92 Å². The van der Waals surface area contributed by atoms with E-state index >= 15 is 0 Å². The van der Waals surface area contributed by atoms with Gasteiger partial charge in [0.1, 0.15) is 0 Å². The third-order valence-corrected chi connectivity index (χ3v) is 3.10. The predicted molar refractivity (Wildman–Crippen MR) is 91.8 cm³/mol. The number of terminal acetylenes is 2. The maximum absolute atomic E-state index is 10.9. The highest BCUT2D eigenvalue weighted by molar-refractivity contribution is 5.89. The van der Waals surface area contributed by atoms with Crippen LogP contribution in [0.1, 0.15) is 37.4 Å². The number of carbonyl (C=O) groups is 2. The summed E-state index contributed by atoms with van der Waals surface area (Å²) >= 11 is 0. The van der Waals surface area contributed by atoms with Crippen molar-refractivity contribution >= 4 is 11.9 Å². The van der Waals surface area contributed by atoms with Gasteiger partial charge in [0, 0.05) is 11.1 Å². The van der Waals surface area contributed by atoms with Crippen LogP contribution in [0.15, 0.2) is 42.5 Å². The molecule has 2 aromatic carbocycles. The highest BCUT2D eigenvalue weighted by Crippen LogP contribution is 2.10. The first kappa shape index (κ1) is 18.5. The van der Waals surface area contributed by atoms with E-state index in [9.17, 15) is 9.59 Å². The van der Waals surface area contributed by atoms with Gasteiger partial charge in [-0.3, -0.25) is 0 Å². The number of benzene rings is 2. The van der Waals surface area contributed by atoms with E-state index < -0.39 is 5.97 Å². The summed E-state index contributed by atoms with van der Waals surface area (Å²) in [6.07, 6.45) is 10.3. The molecule has 1 N–H and O–H groups in total. The van der Waals surface area contributed by atoms with Crippen molar-refractivity contribution in [3.8, 4) is 24.7 Å². The normalized spacial score (nSPS) is 8.83. The molecule has 4 nitrogen and oxygen atoms in total. The molecule has 0 unspecified atom stereocenters. The number of carbonyl (C=O) groups excluding carboxylic acids is 1. The minimum atomic E-state index is -0.920. The van der Waals surface area contributed by atoms with Crippen LogP contribution in [0.5, 0.6) is 0 Å². The molecule has 24 heavy (non-hydrogen) atoms. The number of ether oxygens (including phenoxy) is 1. The summed E-state index contributed by atoms with van der Waals surface area (Å²) in [7, 11) is 1.34. The number of aromatic carboxylic acids is 1. The van der Waals surface area contributed by atoms with Gasteiger partial charge in [-0.2, -0.15) is 0 Å². The number of carboxylic acid groups (broad SMARTS) is 1. The molecule has 0 atom stereocenters. The van der Waals surface area contributed by atoms with Gasteiger partial charge in [0.15, 0.2) is 0 Å². The number of carboxylic acids is 1. The predicted octanol–water partition coefficient (Wildman–Crippen LogP) is 3.13. The Morgan fingerprint density at radius 1 is 1.00 bits per heavy atom. The van der Waals surface area contributed by atoms with Gasteiger partial charge < -0.3 is 9.84 Å². The number of hydrogen-bond acceptors (Lipinski definition) is 3. The summed E-state index contributed by atoms with van der Waals surface area (Å²) in [5, 5.41) is 8.68. The first-order valence-corrected chi connectivity index (χ1v) is 6.88.